The number of amides is 1. The molecule has 0 spiro atoms. The predicted octanol–water partition coefficient (Wildman–Crippen LogP) is 4.10. The van der Waals surface area contributed by atoms with Crippen LogP contribution in [0.1, 0.15) is 35.3 Å². The molecule has 0 aliphatic carbocycles. The molecule has 0 unspecified atom stereocenters. The molecular weight excluding hydrogens is 436 g/mol. The van der Waals surface area contributed by atoms with E-state index >= 15 is 0 Å². The Hall–Kier alpha value is -2.68. The van der Waals surface area contributed by atoms with Gasteiger partial charge in [0, 0.05) is 55.5 Å². The largest absolute Gasteiger partial charge is 0.346 e. The van der Waals surface area contributed by atoms with E-state index in [1.54, 1.807) is 13.0 Å². The van der Waals surface area contributed by atoms with Gasteiger partial charge >= 0.3 is 0 Å². The van der Waals surface area contributed by atoms with Crippen LogP contribution in [-0.2, 0) is 16.6 Å². The lowest BCUT2D eigenvalue weighted by molar-refractivity contribution is 0.102. The molecular formula is C25H34N4O3S. The summed E-state index contributed by atoms with van der Waals surface area (Å²) in [5, 5.41) is 3.96. The molecule has 0 fully saturated rings. The number of hydrogen-bond donors (Lipinski definition) is 1. The third kappa shape index (κ3) is 5.29. The molecule has 2 aromatic carbocycles. The van der Waals surface area contributed by atoms with E-state index in [1.165, 1.54) is 20.2 Å². The number of sulfonamides is 1. The third-order valence-corrected chi connectivity index (χ3v) is 8.16. The number of fused-ring (bicyclic) bond motifs is 1. The summed E-state index contributed by atoms with van der Waals surface area (Å²) in [6.45, 7) is 11.9. The molecule has 0 aliphatic rings. The first-order valence-corrected chi connectivity index (χ1v) is 12.7. The van der Waals surface area contributed by atoms with E-state index < -0.39 is 10.0 Å². The molecule has 1 heterocycles. The summed E-state index contributed by atoms with van der Waals surface area (Å²) in [5.41, 5.74) is 3.50. The predicted molar refractivity (Wildman–Crippen MR) is 134 cm³/mol. The fraction of sp³-hybridized carbons (Fsp3) is 0.400. The van der Waals surface area contributed by atoms with Gasteiger partial charge in [-0.3, -0.25) is 4.79 Å². The van der Waals surface area contributed by atoms with Gasteiger partial charge in [0.25, 0.3) is 5.91 Å². The van der Waals surface area contributed by atoms with Crippen molar-refractivity contribution in [3.8, 4) is 0 Å². The van der Waals surface area contributed by atoms with Gasteiger partial charge in [-0.25, -0.2) is 12.7 Å². The molecule has 1 N–H and O–H groups in total. The van der Waals surface area contributed by atoms with E-state index in [0.29, 0.717) is 16.8 Å². The van der Waals surface area contributed by atoms with Gasteiger partial charge in [-0.2, -0.15) is 0 Å². The second-order valence-electron chi connectivity index (χ2n) is 8.47. The van der Waals surface area contributed by atoms with Gasteiger partial charge in [-0.15, -0.1) is 0 Å². The Kier molecular flexibility index (Phi) is 7.62. The smallest absolute Gasteiger partial charge is 0.255 e. The quantitative estimate of drug-likeness (QED) is 0.511. The van der Waals surface area contributed by atoms with Crippen LogP contribution < -0.4 is 5.32 Å². The van der Waals surface area contributed by atoms with E-state index in [2.05, 4.69) is 34.8 Å². The second-order valence-corrected chi connectivity index (χ2v) is 10.6. The summed E-state index contributed by atoms with van der Waals surface area (Å²) >= 11 is 0. The minimum absolute atomic E-state index is 0.151. The van der Waals surface area contributed by atoms with Gasteiger partial charge < -0.3 is 14.8 Å². The molecule has 1 amide bonds. The Bertz CT molecular complexity index is 1260. The zero-order valence-electron chi connectivity index (χ0n) is 20.3. The van der Waals surface area contributed by atoms with Crippen LogP contribution in [0.25, 0.3) is 10.9 Å². The van der Waals surface area contributed by atoms with Gasteiger partial charge in [0.05, 0.1) is 4.90 Å². The van der Waals surface area contributed by atoms with Gasteiger partial charge in [-0.1, -0.05) is 13.8 Å². The summed E-state index contributed by atoms with van der Waals surface area (Å²) in [6.07, 6.45) is 2.07. The molecule has 0 saturated heterocycles. The maximum atomic E-state index is 13.0. The van der Waals surface area contributed by atoms with Crippen LogP contribution >= 0.6 is 0 Å². The van der Waals surface area contributed by atoms with Crippen LogP contribution in [0.2, 0.25) is 0 Å². The van der Waals surface area contributed by atoms with Crippen molar-refractivity contribution in [2.75, 3.05) is 39.0 Å². The highest BCUT2D eigenvalue weighted by molar-refractivity contribution is 7.89. The van der Waals surface area contributed by atoms with Crippen LogP contribution in [0.4, 0.5) is 5.69 Å². The summed E-state index contributed by atoms with van der Waals surface area (Å²) in [5.74, 6) is -0.339. The van der Waals surface area contributed by atoms with Gasteiger partial charge in [0.15, 0.2) is 0 Å². The lowest BCUT2D eigenvalue weighted by Gasteiger charge is -2.18. The zero-order chi connectivity index (χ0) is 24.3. The topological polar surface area (TPSA) is 74.6 Å². The first-order chi connectivity index (χ1) is 15.6. The van der Waals surface area contributed by atoms with E-state index in [9.17, 15) is 13.2 Å². The number of nitrogens with one attached hydrogen (secondary N) is 1. The Morgan fingerprint density at radius 1 is 1.03 bits per heavy atom. The van der Waals surface area contributed by atoms with Crippen molar-refractivity contribution in [2.24, 2.45) is 0 Å². The van der Waals surface area contributed by atoms with Crippen LogP contribution in [0, 0.1) is 13.8 Å². The maximum Gasteiger partial charge on any atom is 0.255 e. The fourth-order valence-electron chi connectivity index (χ4n) is 3.89. The normalized spacial score (nSPS) is 12.1. The number of carbonyl (C=O) groups is 1. The van der Waals surface area contributed by atoms with Crippen molar-refractivity contribution in [3.63, 3.8) is 0 Å². The molecule has 3 aromatic rings. The van der Waals surface area contributed by atoms with Gasteiger partial charge in [0.1, 0.15) is 0 Å². The molecule has 0 radical (unpaired) electrons. The molecule has 0 bridgehead atoms. The van der Waals surface area contributed by atoms with Crippen molar-refractivity contribution in [3.05, 3.63) is 59.3 Å². The highest BCUT2D eigenvalue weighted by Crippen LogP contribution is 2.25. The number of hydrogen-bond acceptors (Lipinski definition) is 4. The van der Waals surface area contributed by atoms with E-state index in [-0.39, 0.29) is 10.8 Å². The van der Waals surface area contributed by atoms with E-state index in [0.717, 1.165) is 47.0 Å². The lowest BCUT2D eigenvalue weighted by atomic mass is 10.1. The monoisotopic (exact) mass is 470 g/mol. The molecule has 0 aliphatic heterocycles. The average Bonchev–Trinajstić information content (AvgIpc) is 3.18. The minimum atomic E-state index is -3.65. The van der Waals surface area contributed by atoms with Gasteiger partial charge in [0.2, 0.25) is 10.0 Å². The van der Waals surface area contributed by atoms with Crippen molar-refractivity contribution in [1.29, 1.82) is 0 Å². The molecule has 0 saturated carbocycles. The van der Waals surface area contributed by atoms with Crippen LogP contribution in [-0.4, -0.2) is 61.8 Å². The number of aryl methyl sites for hydroxylation is 1. The number of nitrogens with zero attached hydrogens (tertiary/aromatic N) is 3. The number of carbonyl (C=O) groups excluding carboxylic acids is 1. The summed E-state index contributed by atoms with van der Waals surface area (Å²) in [4.78, 5) is 15.5. The maximum absolute atomic E-state index is 13.0. The standard InChI is InChI=1S/C25H34N4O3S/c1-7-28(8-2)13-14-29-12-11-20-16-22(9-10-23(20)29)26-25(30)21-15-18(3)19(4)24(17-21)33(31,32)27(5)6/h9-12,15-17H,7-8,13-14H2,1-6H3,(H,26,30). The van der Waals surface area contributed by atoms with Crippen molar-refractivity contribution in [1.82, 2.24) is 13.8 Å². The van der Waals surface area contributed by atoms with Crippen LogP contribution in [0.15, 0.2) is 47.5 Å². The molecule has 8 heteroatoms. The molecule has 0 atom stereocenters. The summed E-state index contributed by atoms with van der Waals surface area (Å²) in [7, 11) is -0.681. The van der Waals surface area contributed by atoms with Crippen molar-refractivity contribution in [2.45, 2.75) is 39.1 Å². The SMILES string of the molecule is CCN(CC)CCn1ccc2cc(NC(=O)c3cc(C)c(C)c(S(=O)(=O)N(C)C)c3)ccc21. The summed E-state index contributed by atoms with van der Waals surface area (Å²) < 4.78 is 28.8. The fourth-order valence-corrected chi connectivity index (χ4v) is 5.11. The molecule has 178 valence electrons. The van der Waals surface area contributed by atoms with E-state index in [4.69, 9.17) is 0 Å². The molecule has 7 nitrogen and oxygen atoms in total. The Labute approximate surface area is 197 Å². The third-order valence-electron chi connectivity index (χ3n) is 6.22. The summed E-state index contributed by atoms with van der Waals surface area (Å²) in [6, 6.07) is 11.1. The number of aromatic nitrogens is 1. The Morgan fingerprint density at radius 3 is 2.36 bits per heavy atom. The van der Waals surface area contributed by atoms with Crippen molar-refractivity contribution < 1.29 is 13.2 Å². The Morgan fingerprint density at radius 2 is 1.73 bits per heavy atom. The molecule has 1 aromatic heterocycles. The van der Waals surface area contributed by atoms with Crippen LogP contribution in [0.5, 0.6) is 0 Å². The average molecular weight is 471 g/mol. The second kappa shape index (κ2) is 10.1. The van der Waals surface area contributed by atoms with E-state index in [1.807, 2.05) is 31.2 Å². The first-order valence-electron chi connectivity index (χ1n) is 11.2. The number of benzene rings is 2. The van der Waals surface area contributed by atoms with Crippen LogP contribution in [0.3, 0.4) is 0 Å². The molecule has 33 heavy (non-hydrogen) atoms. The van der Waals surface area contributed by atoms with Gasteiger partial charge in [-0.05, 0) is 74.5 Å². The Balaban J connectivity index is 1.83. The van der Waals surface area contributed by atoms with Crippen molar-refractivity contribution >= 4 is 32.5 Å². The lowest BCUT2D eigenvalue weighted by Crippen LogP contribution is -2.26. The minimum Gasteiger partial charge on any atom is -0.346 e. The first kappa shape index (κ1) is 25.0. The highest BCUT2D eigenvalue weighted by atomic mass is 32.2. The number of anilines is 1. The zero-order valence-corrected chi connectivity index (χ0v) is 21.2. The number of likely N-dealkylation sites (N-methyl/N-ethyl adjacent to an activating group) is 1. The number of rotatable bonds is 9. The molecule has 3 rings (SSSR count). The highest BCUT2D eigenvalue weighted by Gasteiger charge is 2.23.